The van der Waals surface area contributed by atoms with Gasteiger partial charge in [-0.2, -0.15) is 21.6 Å². The molecule has 0 heterocycles. The van der Waals surface area contributed by atoms with Gasteiger partial charge in [-0.25, -0.2) is 9.18 Å². The van der Waals surface area contributed by atoms with E-state index in [1.54, 1.807) is 30.3 Å². The van der Waals surface area contributed by atoms with Crippen LogP contribution in [0, 0.1) is 0 Å². The molecule has 0 aliphatic heterocycles. The molecule has 2 rings (SSSR count). The third-order valence-corrected chi connectivity index (χ3v) is 4.40. The molecule has 0 bridgehead atoms. The average Bonchev–Trinajstić information content (AvgIpc) is 2.55. The zero-order chi connectivity index (χ0) is 19.6. The van der Waals surface area contributed by atoms with Crippen LogP contribution in [-0.2, 0) is 19.6 Å². The highest BCUT2D eigenvalue weighted by Crippen LogP contribution is 2.39. The summed E-state index contributed by atoms with van der Waals surface area (Å²) in [6, 6.07) is 12.1. The zero-order valence-electron chi connectivity index (χ0n) is 12.9. The lowest BCUT2D eigenvalue weighted by atomic mass is 10.1. The quantitative estimate of drug-likeness (QED) is 0.350. The molecule has 2 aromatic rings. The molecule has 2 aromatic carbocycles. The van der Waals surface area contributed by atoms with Crippen LogP contribution in [-0.4, -0.2) is 43.3 Å². The van der Waals surface area contributed by atoms with Crippen LogP contribution in [0.15, 0.2) is 42.5 Å². The molecule has 0 fully saturated rings. The van der Waals surface area contributed by atoms with Crippen molar-refractivity contribution < 1.29 is 44.8 Å². The Balaban J connectivity index is 1.98. The zero-order valence-corrected chi connectivity index (χ0v) is 13.7. The van der Waals surface area contributed by atoms with Crippen LogP contribution >= 0.6 is 0 Å². The Morgan fingerprint density at radius 3 is 2.19 bits per heavy atom. The summed E-state index contributed by atoms with van der Waals surface area (Å²) >= 11 is 0. The second kappa shape index (κ2) is 7.08. The molecule has 0 aliphatic carbocycles. The van der Waals surface area contributed by atoms with E-state index in [0.29, 0.717) is 5.75 Å². The second-order valence-corrected chi connectivity index (χ2v) is 6.57. The van der Waals surface area contributed by atoms with Gasteiger partial charge in [0.2, 0.25) is 0 Å². The number of carbonyl (C=O) groups is 1. The molecule has 26 heavy (non-hydrogen) atoms. The van der Waals surface area contributed by atoms with Crippen LogP contribution in [0.4, 0.5) is 17.6 Å². The predicted molar refractivity (Wildman–Crippen MR) is 81.8 cm³/mol. The predicted octanol–water partition coefficient (Wildman–Crippen LogP) is 2.88. The number of benzene rings is 2. The van der Waals surface area contributed by atoms with Gasteiger partial charge in [0, 0.05) is 0 Å². The van der Waals surface area contributed by atoms with E-state index < -0.39 is 40.5 Å². The number of alkyl halides is 4. The first kappa shape index (κ1) is 19.9. The van der Waals surface area contributed by atoms with Crippen LogP contribution < -0.4 is 4.74 Å². The van der Waals surface area contributed by atoms with Crippen molar-refractivity contribution in [2.45, 2.75) is 11.2 Å². The largest absolute Gasteiger partial charge is 0.490 e. The minimum Gasteiger partial charge on any atom is -0.490 e. The highest BCUT2D eigenvalue weighted by molar-refractivity contribution is 7.88. The standard InChI is InChI=1S/C15H12F4O6S/c16-14(15(17,18)19,26(21,22)23)13(20)25-8-7-24-12-6-5-10-3-1-2-4-11(10)9-12/h1-6,9H,7-8H2,(H,21,22,23). The molecular weight excluding hydrogens is 384 g/mol. The normalized spacial score (nSPS) is 14.7. The summed E-state index contributed by atoms with van der Waals surface area (Å²) in [6.45, 7) is -1.34. The van der Waals surface area contributed by atoms with Crippen molar-refractivity contribution >= 4 is 26.9 Å². The van der Waals surface area contributed by atoms with E-state index in [4.69, 9.17) is 9.29 Å². The molecule has 0 amide bonds. The monoisotopic (exact) mass is 396 g/mol. The number of halogens is 4. The van der Waals surface area contributed by atoms with Gasteiger partial charge in [0.1, 0.15) is 19.0 Å². The van der Waals surface area contributed by atoms with Crippen molar-refractivity contribution in [3.8, 4) is 5.75 Å². The molecule has 1 N–H and O–H groups in total. The summed E-state index contributed by atoms with van der Waals surface area (Å²) in [5.41, 5.74) is 0. The maximum atomic E-state index is 13.6. The molecule has 0 aromatic heterocycles. The maximum absolute atomic E-state index is 13.6. The molecular formula is C15H12F4O6S. The van der Waals surface area contributed by atoms with Crippen LogP contribution in [0.25, 0.3) is 10.8 Å². The topological polar surface area (TPSA) is 89.9 Å². The SMILES string of the molecule is O=C(OCCOc1ccc2ccccc2c1)C(F)(C(F)(F)F)S(=O)(=O)O. The Labute approximate surface area is 145 Å². The summed E-state index contributed by atoms with van der Waals surface area (Å²) in [7, 11) is -6.44. The summed E-state index contributed by atoms with van der Waals surface area (Å²) in [5.74, 6) is -2.49. The fourth-order valence-corrected chi connectivity index (χ4v) is 2.57. The van der Waals surface area contributed by atoms with Gasteiger partial charge in [0.05, 0.1) is 0 Å². The third kappa shape index (κ3) is 3.88. The summed E-state index contributed by atoms with van der Waals surface area (Å²) < 4.78 is 90.1. The van der Waals surface area contributed by atoms with E-state index in [1.165, 1.54) is 0 Å². The van der Waals surface area contributed by atoms with Gasteiger partial charge in [-0.1, -0.05) is 30.3 Å². The summed E-state index contributed by atoms with van der Waals surface area (Å²) in [5, 5.41) is -3.84. The smallest absolute Gasteiger partial charge is 0.451 e. The van der Waals surface area contributed by atoms with Crippen molar-refractivity contribution in [2.75, 3.05) is 13.2 Å². The van der Waals surface area contributed by atoms with Gasteiger partial charge in [-0.3, -0.25) is 4.55 Å². The number of esters is 1. The average molecular weight is 396 g/mol. The van der Waals surface area contributed by atoms with E-state index in [0.717, 1.165) is 10.8 Å². The van der Waals surface area contributed by atoms with Gasteiger partial charge in [-0.05, 0) is 22.9 Å². The third-order valence-electron chi connectivity index (χ3n) is 3.29. The van der Waals surface area contributed by atoms with Gasteiger partial charge in [-0.15, -0.1) is 0 Å². The second-order valence-electron chi connectivity index (χ2n) is 5.06. The molecule has 142 valence electrons. The van der Waals surface area contributed by atoms with Crippen molar-refractivity contribution in [3.63, 3.8) is 0 Å². The minimum absolute atomic E-state index is 0.303. The molecule has 0 saturated heterocycles. The van der Waals surface area contributed by atoms with E-state index in [2.05, 4.69) is 4.74 Å². The highest BCUT2D eigenvalue weighted by atomic mass is 32.2. The van der Waals surface area contributed by atoms with Crippen molar-refractivity contribution in [3.05, 3.63) is 42.5 Å². The number of ether oxygens (including phenoxy) is 2. The van der Waals surface area contributed by atoms with Crippen molar-refractivity contribution in [2.24, 2.45) is 0 Å². The lowest BCUT2D eigenvalue weighted by Gasteiger charge is -2.22. The van der Waals surface area contributed by atoms with Crippen molar-refractivity contribution in [1.29, 1.82) is 0 Å². The Bertz CT molecular complexity index is 912. The fourth-order valence-electron chi connectivity index (χ4n) is 2.01. The van der Waals surface area contributed by atoms with Crippen LogP contribution in [0.3, 0.4) is 0 Å². The molecule has 1 unspecified atom stereocenters. The number of hydrogen-bond acceptors (Lipinski definition) is 5. The molecule has 0 saturated carbocycles. The fraction of sp³-hybridized carbons (Fsp3) is 0.267. The maximum Gasteiger partial charge on any atom is 0.451 e. The van der Waals surface area contributed by atoms with Crippen LogP contribution in [0.2, 0.25) is 0 Å². The Morgan fingerprint density at radius 2 is 1.62 bits per heavy atom. The van der Waals surface area contributed by atoms with Gasteiger partial charge in [0.15, 0.2) is 0 Å². The van der Waals surface area contributed by atoms with Gasteiger partial charge >= 0.3 is 27.3 Å². The Kier molecular flexibility index (Phi) is 5.42. The molecule has 1 atom stereocenters. The Morgan fingerprint density at radius 1 is 1.00 bits per heavy atom. The molecule has 6 nitrogen and oxygen atoms in total. The van der Waals surface area contributed by atoms with E-state index >= 15 is 0 Å². The molecule has 0 radical (unpaired) electrons. The van der Waals surface area contributed by atoms with E-state index in [-0.39, 0.29) is 0 Å². The number of carbonyl (C=O) groups excluding carboxylic acids is 1. The first-order valence-electron chi connectivity index (χ1n) is 6.98. The highest BCUT2D eigenvalue weighted by Gasteiger charge is 2.72. The van der Waals surface area contributed by atoms with Crippen molar-refractivity contribution in [1.82, 2.24) is 0 Å². The van der Waals surface area contributed by atoms with Crippen LogP contribution in [0.1, 0.15) is 0 Å². The minimum atomic E-state index is -6.44. The molecule has 11 heteroatoms. The van der Waals surface area contributed by atoms with E-state index in [9.17, 15) is 30.8 Å². The lowest BCUT2D eigenvalue weighted by Crippen LogP contribution is -2.55. The van der Waals surface area contributed by atoms with E-state index in [1.807, 2.05) is 12.1 Å². The lowest BCUT2D eigenvalue weighted by molar-refractivity contribution is -0.215. The number of fused-ring (bicyclic) bond motifs is 1. The number of hydrogen-bond donors (Lipinski definition) is 1. The first-order valence-corrected chi connectivity index (χ1v) is 8.42. The summed E-state index contributed by atoms with van der Waals surface area (Å²) in [6.07, 6.45) is -6.21. The first-order chi connectivity index (χ1) is 12.0. The summed E-state index contributed by atoms with van der Waals surface area (Å²) in [4.78, 5) is 11.2. The van der Waals surface area contributed by atoms with Crippen LogP contribution in [0.5, 0.6) is 5.75 Å². The number of rotatable bonds is 6. The van der Waals surface area contributed by atoms with Gasteiger partial charge < -0.3 is 9.47 Å². The Hall–Kier alpha value is -2.40. The molecule has 0 aliphatic rings. The molecule has 0 spiro atoms. The van der Waals surface area contributed by atoms with Gasteiger partial charge in [0.25, 0.3) is 0 Å².